The minimum atomic E-state index is 0.526. The molecule has 0 aliphatic carbocycles. The third kappa shape index (κ3) is 1.00. The van der Waals surface area contributed by atoms with Crippen molar-refractivity contribution in [1.82, 2.24) is 4.90 Å². The summed E-state index contributed by atoms with van der Waals surface area (Å²) in [4.78, 5) is 2.32. The molecule has 1 rings (SSSR count). The van der Waals surface area contributed by atoms with Gasteiger partial charge in [-0.3, -0.25) is 0 Å². The summed E-state index contributed by atoms with van der Waals surface area (Å²) >= 11 is 4.25. The van der Waals surface area contributed by atoms with Gasteiger partial charge in [0.05, 0.1) is 0 Å². The molecule has 0 spiro atoms. The van der Waals surface area contributed by atoms with Gasteiger partial charge in [0.25, 0.3) is 0 Å². The molecule has 48 valence electrons. The molecule has 0 N–H and O–H groups in total. The van der Waals surface area contributed by atoms with Gasteiger partial charge in [-0.05, 0) is 12.8 Å². The molecule has 1 nitrogen and oxygen atoms in total. The van der Waals surface area contributed by atoms with E-state index in [1.54, 1.807) is 0 Å². The highest BCUT2D eigenvalue weighted by atomic mass is 32.1. The van der Waals surface area contributed by atoms with Crippen molar-refractivity contribution >= 4 is 12.6 Å². The molecule has 1 fully saturated rings. The standard InChI is InChI=1S/C6H13NS/c1-6(5-8)3-7(2)4-6/h8H,3-5H2,1-2H3. The van der Waals surface area contributed by atoms with Crippen LogP contribution in [0.3, 0.4) is 0 Å². The molecule has 0 saturated carbocycles. The maximum Gasteiger partial charge on any atom is 0.00526 e. The molecule has 0 radical (unpaired) electrons. The van der Waals surface area contributed by atoms with Gasteiger partial charge < -0.3 is 4.90 Å². The highest BCUT2D eigenvalue weighted by Gasteiger charge is 2.34. The lowest BCUT2D eigenvalue weighted by atomic mass is 9.85. The summed E-state index contributed by atoms with van der Waals surface area (Å²) in [5, 5.41) is 0. The first-order valence-electron chi connectivity index (χ1n) is 2.96. The summed E-state index contributed by atoms with van der Waals surface area (Å²) in [6.07, 6.45) is 0. The zero-order chi connectivity index (χ0) is 6.20. The van der Waals surface area contributed by atoms with Crippen LogP contribution in [0.2, 0.25) is 0 Å². The Balaban J connectivity index is 2.30. The molecule has 8 heavy (non-hydrogen) atoms. The highest BCUT2D eigenvalue weighted by Crippen LogP contribution is 2.28. The molecule has 0 aromatic carbocycles. The van der Waals surface area contributed by atoms with Gasteiger partial charge in [0.1, 0.15) is 0 Å². The van der Waals surface area contributed by atoms with Gasteiger partial charge in [0.2, 0.25) is 0 Å². The third-order valence-corrected chi connectivity index (χ3v) is 2.45. The van der Waals surface area contributed by atoms with Crippen molar-refractivity contribution in [2.75, 3.05) is 25.9 Å². The zero-order valence-corrected chi connectivity index (χ0v) is 6.41. The molecule has 0 amide bonds. The Morgan fingerprint density at radius 3 is 2.25 bits per heavy atom. The van der Waals surface area contributed by atoms with Crippen LogP contribution in [-0.4, -0.2) is 30.8 Å². The van der Waals surface area contributed by atoms with Gasteiger partial charge in [0, 0.05) is 18.5 Å². The molecular formula is C6H13NS. The number of rotatable bonds is 1. The lowest BCUT2D eigenvalue weighted by Crippen LogP contribution is -2.53. The summed E-state index contributed by atoms with van der Waals surface area (Å²) in [6.45, 7) is 4.72. The van der Waals surface area contributed by atoms with Gasteiger partial charge in [-0.1, -0.05) is 6.92 Å². The molecule has 0 bridgehead atoms. The molecule has 1 aliphatic rings. The van der Waals surface area contributed by atoms with Gasteiger partial charge in [-0.2, -0.15) is 12.6 Å². The summed E-state index contributed by atoms with van der Waals surface area (Å²) < 4.78 is 0. The van der Waals surface area contributed by atoms with E-state index >= 15 is 0 Å². The summed E-state index contributed by atoms with van der Waals surface area (Å²) in [7, 11) is 2.14. The zero-order valence-electron chi connectivity index (χ0n) is 5.52. The fourth-order valence-electron chi connectivity index (χ4n) is 1.36. The monoisotopic (exact) mass is 131 g/mol. The summed E-state index contributed by atoms with van der Waals surface area (Å²) in [5.74, 6) is 1.03. The quantitative estimate of drug-likeness (QED) is 0.517. The Morgan fingerprint density at radius 1 is 1.62 bits per heavy atom. The van der Waals surface area contributed by atoms with Crippen molar-refractivity contribution in [3.63, 3.8) is 0 Å². The maximum atomic E-state index is 4.25. The first-order chi connectivity index (χ1) is 3.66. The van der Waals surface area contributed by atoms with Crippen LogP contribution in [0.4, 0.5) is 0 Å². The molecule has 1 aliphatic heterocycles. The SMILES string of the molecule is CN1CC(C)(CS)C1. The lowest BCUT2D eigenvalue weighted by molar-refractivity contribution is 0.0617. The van der Waals surface area contributed by atoms with Crippen molar-refractivity contribution in [1.29, 1.82) is 0 Å². The van der Waals surface area contributed by atoms with Crippen molar-refractivity contribution in [3.8, 4) is 0 Å². The predicted octanol–water partition coefficient (Wildman–Crippen LogP) is 0.868. The molecule has 2 heteroatoms. The highest BCUT2D eigenvalue weighted by molar-refractivity contribution is 7.80. The van der Waals surface area contributed by atoms with Gasteiger partial charge in [-0.25, -0.2) is 0 Å². The van der Waals surface area contributed by atoms with Crippen LogP contribution < -0.4 is 0 Å². The number of nitrogens with zero attached hydrogens (tertiary/aromatic N) is 1. The van der Waals surface area contributed by atoms with Gasteiger partial charge >= 0.3 is 0 Å². The van der Waals surface area contributed by atoms with E-state index in [4.69, 9.17) is 0 Å². The second kappa shape index (κ2) is 1.92. The predicted molar refractivity (Wildman–Crippen MR) is 39.5 cm³/mol. The van der Waals surface area contributed by atoms with Crippen molar-refractivity contribution in [3.05, 3.63) is 0 Å². The summed E-state index contributed by atoms with van der Waals surface area (Å²) in [6, 6.07) is 0. The van der Waals surface area contributed by atoms with E-state index < -0.39 is 0 Å². The Labute approximate surface area is 56.5 Å². The fourth-order valence-corrected chi connectivity index (χ4v) is 1.56. The van der Waals surface area contributed by atoms with E-state index in [2.05, 4.69) is 31.5 Å². The van der Waals surface area contributed by atoms with Crippen LogP contribution in [0.5, 0.6) is 0 Å². The minimum absolute atomic E-state index is 0.526. The van der Waals surface area contributed by atoms with Crippen LogP contribution in [0.25, 0.3) is 0 Å². The molecule has 0 aromatic heterocycles. The van der Waals surface area contributed by atoms with Crippen LogP contribution in [0.15, 0.2) is 0 Å². The lowest BCUT2D eigenvalue weighted by Gasteiger charge is -2.45. The maximum absolute atomic E-state index is 4.25. The van der Waals surface area contributed by atoms with Gasteiger partial charge in [0.15, 0.2) is 0 Å². The van der Waals surface area contributed by atoms with Crippen molar-refractivity contribution in [2.24, 2.45) is 5.41 Å². The van der Waals surface area contributed by atoms with E-state index in [-0.39, 0.29) is 0 Å². The van der Waals surface area contributed by atoms with Crippen LogP contribution in [-0.2, 0) is 0 Å². The number of likely N-dealkylation sites (tertiary alicyclic amines) is 1. The Bertz CT molecular complexity index is 86.5. The van der Waals surface area contributed by atoms with Crippen LogP contribution in [0, 0.1) is 5.41 Å². The second-order valence-corrected chi connectivity index (χ2v) is 3.46. The van der Waals surface area contributed by atoms with E-state index in [9.17, 15) is 0 Å². The largest absolute Gasteiger partial charge is 0.305 e. The first kappa shape index (κ1) is 6.43. The number of hydrogen-bond donors (Lipinski definition) is 1. The van der Waals surface area contributed by atoms with Crippen molar-refractivity contribution in [2.45, 2.75) is 6.92 Å². The average molecular weight is 131 g/mol. The summed E-state index contributed by atoms with van der Waals surface area (Å²) in [5.41, 5.74) is 0.526. The molecule has 0 atom stereocenters. The average Bonchev–Trinajstić information content (AvgIpc) is 1.63. The van der Waals surface area contributed by atoms with Crippen LogP contribution >= 0.6 is 12.6 Å². The van der Waals surface area contributed by atoms with E-state index in [0.717, 1.165) is 5.75 Å². The third-order valence-electron chi connectivity index (χ3n) is 1.68. The van der Waals surface area contributed by atoms with E-state index in [1.807, 2.05) is 0 Å². The van der Waals surface area contributed by atoms with Crippen molar-refractivity contribution < 1.29 is 0 Å². The Morgan fingerprint density at radius 2 is 2.12 bits per heavy atom. The number of hydrogen-bond acceptors (Lipinski definition) is 2. The topological polar surface area (TPSA) is 3.24 Å². The molecular weight excluding hydrogens is 118 g/mol. The number of thiol groups is 1. The Hall–Kier alpha value is 0.310. The van der Waals surface area contributed by atoms with E-state index in [1.165, 1.54) is 13.1 Å². The minimum Gasteiger partial charge on any atom is -0.305 e. The second-order valence-electron chi connectivity index (χ2n) is 3.14. The molecule has 0 unspecified atom stereocenters. The molecule has 0 aromatic rings. The smallest absolute Gasteiger partial charge is 0.00526 e. The molecule has 1 heterocycles. The Kier molecular flexibility index (Phi) is 1.54. The van der Waals surface area contributed by atoms with E-state index in [0.29, 0.717) is 5.41 Å². The first-order valence-corrected chi connectivity index (χ1v) is 3.59. The normalized spacial score (nSPS) is 27.4. The van der Waals surface area contributed by atoms with Crippen LogP contribution in [0.1, 0.15) is 6.92 Å². The fraction of sp³-hybridized carbons (Fsp3) is 1.00. The van der Waals surface area contributed by atoms with Gasteiger partial charge in [-0.15, -0.1) is 0 Å². The molecule has 1 saturated heterocycles.